The molecule has 14 heavy (non-hydrogen) atoms. The van der Waals surface area contributed by atoms with Gasteiger partial charge in [0.1, 0.15) is 5.03 Å². The van der Waals surface area contributed by atoms with Gasteiger partial charge in [-0.15, -0.1) is 11.8 Å². The minimum atomic E-state index is 0.606. The SMILES string of the molecule is CCC(C)Sc1cc(C)nc(NC)n1. The van der Waals surface area contributed by atoms with E-state index in [1.807, 2.05) is 20.0 Å². The Balaban J connectivity index is 2.81. The molecule has 0 aromatic carbocycles. The van der Waals surface area contributed by atoms with Gasteiger partial charge < -0.3 is 5.32 Å². The second-order valence-electron chi connectivity index (χ2n) is 3.26. The van der Waals surface area contributed by atoms with Crippen LogP contribution in [0.2, 0.25) is 0 Å². The molecule has 78 valence electrons. The van der Waals surface area contributed by atoms with Gasteiger partial charge in [0.15, 0.2) is 0 Å². The third kappa shape index (κ3) is 3.18. The smallest absolute Gasteiger partial charge is 0.223 e. The van der Waals surface area contributed by atoms with Crippen LogP contribution in [0.4, 0.5) is 5.95 Å². The van der Waals surface area contributed by atoms with Gasteiger partial charge in [-0.05, 0) is 19.4 Å². The lowest BCUT2D eigenvalue weighted by Gasteiger charge is -2.08. The highest BCUT2D eigenvalue weighted by Crippen LogP contribution is 2.24. The van der Waals surface area contributed by atoms with Crippen LogP contribution in [0.5, 0.6) is 0 Å². The Bertz CT molecular complexity index is 301. The lowest BCUT2D eigenvalue weighted by atomic mass is 10.4. The van der Waals surface area contributed by atoms with Crippen molar-refractivity contribution in [2.45, 2.75) is 37.5 Å². The van der Waals surface area contributed by atoms with Gasteiger partial charge in [-0.2, -0.15) is 0 Å². The van der Waals surface area contributed by atoms with E-state index in [0.29, 0.717) is 11.2 Å². The highest BCUT2D eigenvalue weighted by Gasteiger charge is 2.05. The molecule has 0 radical (unpaired) electrons. The predicted molar refractivity (Wildman–Crippen MR) is 61.9 cm³/mol. The van der Waals surface area contributed by atoms with Gasteiger partial charge in [0.2, 0.25) is 5.95 Å². The highest BCUT2D eigenvalue weighted by molar-refractivity contribution is 7.99. The third-order valence-electron chi connectivity index (χ3n) is 1.95. The maximum absolute atomic E-state index is 4.38. The standard InChI is InChI=1S/C10H17N3S/c1-5-8(3)14-9-6-7(2)12-10(11-4)13-9/h6,8H,5H2,1-4H3,(H,11,12,13). The highest BCUT2D eigenvalue weighted by atomic mass is 32.2. The zero-order chi connectivity index (χ0) is 10.6. The number of hydrogen-bond acceptors (Lipinski definition) is 4. The third-order valence-corrected chi connectivity index (χ3v) is 3.14. The van der Waals surface area contributed by atoms with E-state index in [1.54, 1.807) is 11.8 Å². The molecular formula is C10H17N3S. The van der Waals surface area contributed by atoms with Crippen LogP contribution >= 0.6 is 11.8 Å². The molecule has 1 atom stereocenters. The van der Waals surface area contributed by atoms with E-state index in [2.05, 4.69) is 29.1 Å². The molecule has 0 aliphatic carbocycles. The molecule has 1 aromatic heterocycles. The number of anilines is 1. The molecule has 1 N–H and O–H groups in total. The summed E-state index contributed by atoms with van der Waals surface area (Å²) in [5, 5.41) is 4.62. The van der Waals surface area contributed by atoms with Crippen molar-refractivity contribution in [2.75, 3.05) is 12.4 Å². The van der Waals surface area contributed by atoms with Crippen molar-refractivity contribution in [3.8, 4) is 0 Å². The minimum Gasteiger partial charge on any atom is -0.357 e. The zero-order valence-electron chi connectivity index (χ0n) is 9.16. The van der Waals surface area contributed by atoms with Crippen molar-refractivity contribution in [3.63, 3.8) is 0 Å². The van der Waals surface area contributed by atoms with Crippen molar-refractivity contribution in [1.82, 2.24) is 9.97 Å². The number of aromatic nitrogens is 2. The number of thioether (sulfide) groups is 1. The van der Waals surface area contributed by atoms with Gasteiger partial charge in [-0.1, -0.05) is 13.8 Å². The fraction of sp³-hybridized carbons (Fsp3) is 0.600. The van der Waals surface area contributed by atoms with Crippen LogP contribution < -0.4 is 5.32 Å². The number of rotatable bonds is 4. The van der Waals surface area contributed by atoms with Crippen LogP contribution in [0.25, 0.3) is 0 Å². The van der Waals surface area contributed by atoms with E-state index in [4.69, 9.17) is 0 Å². The first-order chi connectivity index (χ1) is 6.65. The predicted octanol–water partition coefficient (Wildman–Crippen LogP) is 2.72. The van der Waals surface area contributed by atoms with Crippen LogP contribution in [0.15, 0.2) is 11.1 Å². The summed E-state index contributed by atoms with van der Waals surface area (Å²) in [6.45, 7) is 6.38. The summed E-state index contributed by atoms with van der Waals surface area (Å²) in [6.07, 6.45) is 1.16. The Labute approximate surface area is 89.7 Å². The molecule has 0 bridgehead atoms. The molecule has 1 heterocycles. The van der Waals surface area contributed by atoms with E-state index in [-0.39, 0.29) is 0 Å². The fourth-order valence-corrected chi connectivity index (χ4v) is 1.96. The summed E-state index contributed by atoms with van der Waals surface area (Å²) in [5.74, 6) is 0.704. The van der Waals surface area contributed by atoms with Gasteiger partial charge in [0, 0.05) is 18.0 Å². The van der Waals surface area contributed by atoms with E-state index < -0.39 is 0 Å². The Kier molecular flexibility index (Phi) is 4.20. The molecule has 0 saturated heterocycles. The average Bonchev–Trinajstić information content (AvgIpc) is 2.16. The van der Waals surface area contributed by atoms with E-state index in [1.165, 1.54) is 0 Å². The topological polar surface area (TPSA) is 37.8 Å². The summed E-state index contributed by atoms with van der Waals surface area (Å²) in [5.41, 5.74) is 1.01. The van der Waals surface area contributed by atoms with Crippen molar-refractivity contribution in [1.29, 1.82) is 0 Å². The van der Waals surface area contributed by atoms with Gasteiger partial charge in [0.05, 0.1) is 0 Å². The number of aryl methyl sites for hydroxylation is 1. The van der Waals surface area contributed by atoms with Crippen LogP contribution in [0, 0.1) is 6.92 Å². The molecule has 0 fully saturated rings. The second-order valence-corrected chi connectivity index (χ2v) is 4.72. The van der Waals surface area contributed by atoms with E-state index in [9.17, 15) is 0 Å². The monoisotopic (exact) mass is 211 g/mol. The van der Waals surface area contributed by atoms with Crippen LogP contribution in [0.1, 0.15) is 26.0 Å². The molecule has 0 aliphatic heterocycles. The molecule has 1 aromatic rings. The normalized spacial score (nSPS) is 12.6. The average molecular weight is 211 g/mol. The van der Waals surface area contributed by atoms with Gasteiger partial charge in [0.25, 0.3) is 0 Å². The fourth-order valence-electron chi connectivity index (χ4n) is 1.00. The van der Waals surface area contributed by atoms with Crippen molar-refractivity contribution in [3.05, 3.63) is 11.8 Å². The Hall–Kier alpha value is -0.770. The van der Waals surface area contributed by atoms with Gasteiger partial charge in [-0.25, -0.2) is 9.97 Å². The Morgan fingerprint density at radius 1 is 1.50 bits per heavy atom. The summed E-state index contributed by atoms with van der Waals surface area (Å²) >= 11 is 1.80. The number of nitrogens with one attached hydrogen (secondary N) is 1. The Morgan fingerprint density at radius 2 is 2.21 bits per heavy atom. The van der Waals surface area contributed by atoms with Crippen LogP contribution in [-0.4, -0.2) is 22.3 Å². The Morgan fingerprint density at radius 3 is 2.79 bits per heavy atom. The van der Waals surface area contributed by atoms with Crippen molar-refractivity contribution >= 4 is 17.7 Å². The van der Waals surface area contributed by atoms with E-state index in [0.717, 1.165) is 17.1 Å². The second kappa shape index (κ2) is 5.20. The lowest BCUT2D eigenvalue weighted by Crippen LogP contribution is -2.00. The first kappa shape index (κ1) is 11.3. The molecule has 1 unspecified atom stereocenters. The van der Waals surface area contributed by atoms with Gasteiger partial charge >= 0.3 is 0 Å². The number of nitrogens with zero attached hydrogens (tertiary/aromatic N) is 2. The molecular weight excluding hydrogens is 194 g/mol. The first-order valence-electron chi connectivity index (χ1n) is 4.85. The molecule has 0 saturated carbocycles. The summed E-state index contributed by atoms with van der Waals surface area (Å²) in [4.78, 5) is 8.63. The molecule has 0 aliphatic rings. The van der Waals surface area contributed by atoms with E-state index >= 15 is 0 Å². The summed E-state index contributed by atoms with van der Waals surface area (Å²) in [7, 11) is 1.84. The summed E-state index contributed by atoms with van der Waals surface area (Å²) in [6, 6.07) is 2.03. The maximum Gasteiger partial charge on any atom is 0.223 e. The lowest BCUT2D eigenvalue weighted by molar-refractivity contribution is 0.897. The molecule has 4 heteroatoms. The number of hydrogen-bond donors (Lipinski definition) is 1. The molecule has 0 amide bonds. The minimum absolute atomic E-state index is 0.606. The van der Waals surface area contributed by atoms with Crippen molar-refractivity contribution < 1.29 is 0 Å². The summed E-state index contributed by atoms with van der Waals surface area (Å²) < 4.78 is 0. The quantitative estimate of drug-likeness (QED) is 0.614. The molecule has 0 spiro atoms. The van der Waals surface area contributed by atoms with Crippen LogP contribution in [-0.2, 0) is 0 Å². The van der Waals surface area contributed by atoms with Gasteiger partial charge in [-0.3, -0.25) is 0 Å². The largest absolute Gasteiger partial charge is 0.357 e. The molecule has 1 rings (SSSR count). The zero-order valence-corrected chi connectivity index (χ0v) is 9.98. The maximum atomic E-state index is 4.38. The first-order valence-corrected chi connectivity index (χ1v) is 5.73. The molecule has 3 nitrogen and oxygen atoms in total. The van der Waals surface area contributed by atoms with Crippen molar-refractivity contribution in [2.24, 2.45) is 0 Å². The van der Waals surface area contributed by atoms with Crippen LogP contribution in [0.3, 0.4) is 0 Å².